The fourth-order valence-electron chi connectivity index (χ4n) is 1.86. The molecule has 0 aliphatic heterocycles. The SMILES string of the molecule is CCC(C)C(N)c1nc2ccncc2n1C. The molecule has 4 nitrogen and oxygen atoms in total. The van der Waals surface area contributed by atoms with Crippen molar-refractivity contribution in [1.29, 1.82) is 0 Å². The standard InChI is InChI=1S/C12H18N4/c1-4-8(2)11(13)12-15-9-5-6-14-7-10(9)16(12)3/h5-8,11H,4,13H2,1-3H3. The Morgan fingerprint density at radius 1 is 1.50 bits per heavy atom. The van der Waals surface area contributed by atoms with Crippen molar-refractivity contribution in [3.63, 3.8) is 0 Å². The van der Waals surface area contributed by atoms with Crippen LogP contribution in [0.3, 0.4) is 0 Å². The van der Waals surface area contributed by atoms with E-state index >= 15 is 0 Å². The van der Waals surface area contributed by atoms with Crippen molar-refractivity contribution >= 4 is 11.0 Å². The molecule has 0 bridgehead atoms. The molecule has 86 valence electrons. The van der Waals surface area contributed by atoms with E-state index < -0.39 is 0 Å². The number of imidazole rings is 1. The van der Waals surface area contributed by atoms with E-state index in [0.717, 1.165) is 23.3 Å². The number of hydrogen-bond acceptors (Lipinski definition) is 3. The summed E-state index contributed by atoms with van der Waals surface area (Å²) < 4.78 is 2.04. The first-order valence-electron chi connectivity index (χ1n) is 5.67. The van der Waals surface area contributed by atoms with Crippen molar-refractivity contribution < 1.29 is 0 Å². The van der Waals surface area contributed by atoms with Gasteiger partial charge in [-0.1, -0.05) is 20.3 Å². The number of aryl methyl sites for hydroxylation is 1. The normalized spacial score (nSPS) is 15.2. The molecule has 0 radical (unpaired) electrons. The molecule has 0 aliphatic carbocycles. The number of pyridine rings is 1. The van der Waals surface area contributed by atoms with Crippen LogP contribution in [-0.2, 0) is 7.05 Å². The predicted molar refractivity (Wildman–Crippen MR) is 64.9 cm³/mol. The molecule has 0 saturated carbocycles. The van der Waals surface area contributed by atoms with Crippen molar-refractivity contribution in [2.24, 2.45) is 18.7 Å². The molecule has 16 heavy (non-hydrogen) atoms. The third-order valence-corrected chi connectivity index (χ3v) is 3.27. The fraction of sp³-hybridized carbons (Fsp3) is 0.500. The van der Waals surface area contributed by atoms with Crippen molar-refractivity contribution in [3.05, 3.63) is 24.3 Å². The van der Waals surface area contributed by atoms with Gasteiger partial charge in [0, 0.05) is 13.2 Å². The van der Waals surface area contributed by atoms with Crippen LogP contribution in [0.4, 0.5) is 0 Å². The van der Waals surface area contributed by atoms with E-state index in [2.05, 4.69) is 23.8 Å². The van der Waals surface area contributed by atoms with Gasteiger partial charge in [-0.15, -0.1) is 0 Å². The molecule has 0 aliphatic rings. The van der Waals surface area contributed by atoms with Crippen LogP contribution in [0.2, 0.25) is 0 Å². The van der Waals surface area contributed by atoms with Crippen LogP contribution in [0.15, 0.2) is 18.5 Å². The minimum Gasteiger partial charge on any atom is -0.329 e. The Kier molecular flexibility index (Phi) is 2.92. The van der Waals surface area contributed by atoms with Crippen LogP contribution in [0, 0.1) is 5.92 Å². The average Bonchev–Trinajstić information content (AvgIpc) is 2.65. The summed E-state index contributed by atoms with van der Waals surface area (Å²) in [5.74, 6) is 1.38. The Morgan fingerprint density at radius 2 is 2.25 bits per heavy atom. The minimum absolute atomic E-state index is 0.0117. The topological polar surface area (TPSA) is 56.7 Å². The Bertz CT molecular complexity index is 489. The van der Waals surface area contributed by atoms with Crippen molar-refractivity contribution in [2.75, 3.05) is 0 Å². The largest absolute Gasteiger partial charge is 0.329 e. The molecule has 2 atom stereocenters. The maximum absolute atomic E-state index is 6.21. The maximum atomic E-state index is 6.21. The van der Waals surface area contributed by atoms with E-state index in [1.165, 1.54) is 0 Å². The smallest absolute Gasteiger partial charge is 0.126 e. The van der Waals surface area contributed by atoms with Crippen LogP contribution < -0.4 is 5.73 Å². The van der Waals surface area contributed by atoms with Crippen LogP contribution >= 0.6 is 0 Å². The van der Waals surface area contributed by atoms with Gasteiger partial charge >= 0.3 is 0 Å². The number of nitrogens with zero attached hydrogens (tertiary/aromatic N) is 3. The van der Waals surface area contributed by atoms with E-state index in [1.807, 2.05) is 23.9 Å². The van der Waals surface area contributed by atoms with E-state index in [1.54, 1.807) is 6.20 Å². The molecule has 0 amide bonds. The van der Waals surface area contributed by atoms with Gasteiger partial charge in [-0.2, -0.15) is 0 Å². The molecule has 4 heteroatoms. The monoisotopic (exact) mass is 218 g/mol. The summed E-state index contributed by atoms with van der Waals surface area (Å²) in [6.45, 7) is 4.30. The molecule has 2 rings (SSSR count). The third-order valence-electron chi connectivity index (χ3n) is 3.27. The molecule has 0 spiro atoms. The summed E-state index contributed by atoms with van der Waals surface area (Å²) >= 11 is 0. The number of hydrogen-bond donors (Lipinski definition) is 1. The van der Waals surface area contributed by atoms with Gasteiger partial charge in [0.2, 0.25) is 0 Å². The second kappa shape index (κ2) is 4.22. The van der Waals surface area contributed by atoms with Crippen LogP contribution in [0.25, 0.3) is 11.0 Å². The molecule has 2 N–H and O–H groups in total. The van der Waals surface area contributed by atoms with Gasteiger partial charge in [0.05, 0.1) is 23.3 Å². The van der Waals surface area contributed by atoms with Gasteiger partial charge in [-0.25, -0.2) is 4.98 Å². The molecule has 2 aromatic heterocycles. The highest BCUT2D eigenvalue weighted by atomic mass is 15.1. The van der Waals surface area contributed by atoms with E-state index in [4.69, 9.17) is 5.73 Å². The molecular weight excluding hydrogens is 200 g/mol. The first-order valence-corrected chi connectivity index (χ1v) is 5.67. The molecular formula is C12H18N4. The molecule has 0 aromatic carbocycles. The molecule has 2 aromatic rings. The summed E-state index contributed by atoms with van der Waals surface area (Å²) in [5.41, 5.74) is 8.21. The number of rotatable bonds is 3. The molecule has 2 heterocycles. The zero-order chi connectivity index (χ0) is 11.7. The second-order valence-corrected chi connectivity index (χ2v) is 4.30. The van der Waals surface area contributed by atoms with Crippen LogP contribution in [-0.4, -0.2) is 14.5 Å². The first kappa shape index (κ1) is 11.1. The lowest BCUT2D eigenvalue weighted by atomic mass is 9.99. The van der Waals surface area contributed by atoms with Gasteiger partial charge < -0.3 is 10.3 Å². The highest BCUT2D eigenvalue weighted by Crippen LogP contribution is 2.23. The van der Waals surface area contributed by atoms with Gasteiger partial charge in [-0.3, -0.25) is 4.98 Å². The predicted octanol–water partition coefficient (Wildman–Crippen LogP) is 2.01. The second-order valence-electron chi connectivity index (χ2n) is 4.30. The minimum atomic E-state index is -0.0117. The molecule has 2 unspecified atom stereocenters. The quantitative estimate of drug-likeness (QED) is 0.857. The third kappa shape index (κ3) is 1.69. The fourth-order valence-corrected chi connectivity index (χ4v) is 1.86. The van der Waals surface area contributed by atoms with E-state index in [-0.39, 0.29) is 6.04 Å². The van der Waals surface area contributed by atoms with E-state index in [9.17, 15) is 0 Å². The lowest BCUT2D eigenvalue weighted by molar-refractivity contribution is 0.432. The number of nitrogens with two attached hydrogens (primary N) is 1. The van der Waals surface area contributed by atoms with Crippen molar-refractivity contribution in [3.8, 4) is 0 Å². The van der Waals surface area contributed by atoms with Crippen molar-refractivity contribution in [1.82, 2.24) is 14.5 Å². The molecule has 0 saturated heterocycles. The van der Waals surface area contributed by atoms with Gasteiger partial charge in [0.1, 0.15) is 5.82 Å². The zero-order valence-electron chi connectivity index (χ0n) is 10.0. The summed E-state index contributed by atoms with van der Waals surface area (Å²) in [4.78, 5) is 8.69. The first-order chi connectivity index (χ1) is 7.65. The van der Waals surface area contributed by atoms with Crippen LogP contribution in [0.5, 0.6) is 0 Å². The Morgan fingerprint density at radius 3 is 2.88 bits per heavy atom. The summed E-state index contributed by atoms with van der Waals surface area (Å²) in [7, 11) is 1.99. The Labute approximate surface area is 95.5 Å². The Balaban J connectivity index is 2.49. The van der Waals surface area contributed by atoms with Gasteiger partial charge in [0.25, 0.3) is 0 Å². The average molecular weight is 218 g/mol. The molecule has 0 fully saturated rings. The number of fused-ring (bicyclic) bond motifs is 1. The van der Waals surface area contributed by atoms with Crippen LogP contribution in [0.1, 0.15) is 32.1 Å². The highest BCUT2D eigenvalue weighted by Gasteiger charge is 2.19. The summed E-state index contributed by atoms with van der Waals surface area (Å²) in [6, 6.07) is 1.91. The highest BCUT2D eigenvalue weighted by molar-refractivity contribution is 5.74. The maximum Gasteiger partial charge on any atom is 0.126 e. The van der Waals surface area contributed by atoms with Crippen molar-refractivity contribution in [2.45, 2.75) is 26.3 Å². The Hall–Kier alpha value is -1.42. The lowest BCUT2D eigenvalue weighted by Gasteiger charge is -2.17. The van der Waals surface area contributed by atoms with Gasteiger partial charge in [-0.05, 0) is 12.0 Å². The van der Waals surface area contributed by atoms with E-state index in [0.29, 0.717) is 5.92 Å². The van der Waals surface area contributed by atoms with Gasteiger partial charge in [0.15, 0.2) is 0 Å². The summed E-state index contributed by atoms with van der Waals surface area (Å²) in [5, 5.41) is 0. The summed E-state index contributed by atoms with van der Waals surface area (Å²) in [6.07, 6.45) is 4.64. The zero-order valence-corrected chi connectivity index (χ0v) is 10.0. The number of aromatic nitrogens is 3. The lowest BCUT2D eigenvalue weighted by Crippen LogP contribution is -2.22.